The number of carbonyl (C=O) groups excluding carboxylic acids is 1. The number of likely N-dealkylation sites (tertiary alicyclic amines) is 2. The number of halogens is 1. The third-order valence-corrected chi connectivity index (χ3v) is 17.7. The Morgan fingerprint density at radius 2 is 1.00 bits per heavy atom. The summed E-state index contributed by atoms with van der Waals surface area (Å²) >= 11 is 5.27. The van der Waals surface area contributed by atoms with Crippen molar-refractivity contribution in [1.29, 1.82) is 0 Å². The van der Waals surface area contributed by atoms with Gasteiger partial charge < -0.3 is 59.1 Å². The predicted molar refractivity (Wildman–Crippen MR) is 364 cm³/mol. The maximum absolute atomic E-state index is 13.3. The van der Waals surface area contributed by atoms with Gasteiger partial charge in [-0.2, -0.15) is 0 Å². The van der Waals surface area contributed by atoms with Crippen LogP contribution in [0.4, 0.5) is 27.5 Å². The number of nitrogens with one attached hydrogen (secondary N) is 1. The molecule has 6 aromatic rings. The number of amides is 1. The molecule has 1 amide bonds. The van der Waals surface area contributed by atoms with Gasteiger partial charge in [-0.25, -0.2) is 4.79 Å². The fourth-order valence-electron chi connectivity index (χ4n) is 12.2. The first kappa shape index (κ1) is 67.8. The summed E-state index contributed by atoms with van der Waals surface area (Å²) in [4.78, 5) is 26.6. The van der Waals surface area contributed by atoms with Crippen LogP contribution < -0.4 is 20.0 Å². The van der Waals surface area contributed by atoms with Crippen molar-refractivity contribution in [3.63, 3.8) is 0 Å². The Morgan fingerprint density at radius 1 is 0.591 bits per heavy atom. The first-order valence-electron chi connectivity index (χ1n) is 32.3. The summed E-state index contributed by atoms with van der Waals surface area (Å²) in [5, 5.41) is 24.3. The smallest absolute Gasteiger partial charge is 0.410 e. The number of carbonyl (C=O) groups is 1. The van der Waals surface area contributed by atoms with Gasteiger partial charge in [-0.3, -0.25) is 0 Å². The van der Waals surface area contributed by atoms with Crippen molar-refractivity contribution < 1.29 is 29.2 Å². The van der Waals surface area contributed by atoms with Gasteiger partial charge >= 0.3 is 6.09 Å². The third kappa shape index (κ3) is 23.7. The molecule has 4 unspecified atom stereocenters. The number of rotatable bonds is 21. The molecule has 6 fully saturated rings. The van der Waals surface area contributed by atoms with Gasteiger partial charge in [-0.15, -0.1) is 11.6 Å². The number of aliphatic hydroxyl groups is 2. The highest BCUT2D eigenvalue weighted by Crippen LogP contribution is 2.52. The molecule has 13 nitrogen and oxygen atoms in total. The van der Waals surface area contributed by atoms with E-state index < -0.39 is 11.7 Å². The van der Waals surface area contributed by atoms with Gasteiger partial charge in [0.25, 0.3) is 0 Å². The fraction of sp³-hybridized carbons (Fsp3) is 0.500. The first-order chi connectivity index (χ1) is 42.6. The number of ether oxygens (including phenoxy) is 3. The molecule has 0 spiro atoms. The van der Waals surface area contributed by atoms with Crippen molar-refractivity contribution in [2.24, 2.45) is 11.8 Å². The number of nitrogens with zero attached hydrogens (tertiary/aromatic N) is 6. The topological polar surface area (TPSA) is 123 Å². The van der Waals surface area contributed by atoms with Gasteiger partial charge in [0.15, 0.2) is 0 Å². The first-order valence-corrected chi connectivity index (χ1v) is 32.9. The summed E-state index contributed by atoms with van der Waals surface area (Å²) in [5.74, 6) is 3.65. The lowest BCUT2D eigenvalue weighted by atomic mass is 9.90. The number of alkyl halides is 1. The molecule has 0 bridgehead atoms. The van der Waals surface area contributed by atoms with Gasteiger partial charge in [-0.1, -0.05) is 133 Å². The van der Waals surface area contributed by atoms with Crippen LogP contribution >= 0.6 is 11.6 Å². The molecule has 0 radical (unpaired) electrons. The van der Waals surface area contributed by atoms with Gasteiger partial charge in [0, 0.05) is 115 Å². The molecule has 8 atom stereocenters. The van der Waals surface area contributed by atoms with Crippen molar-refractivity contribution in [3.05, 3.63) is 193 Å². The molecule has 12 rings (SSSR count). The zero-order chi connectivity index (χ0) is 62.3. The van der Waals surface area contributed by atoms with E-state index in [0.717, 1.165) is 107 Å². The normalized spacial score (nSPS) is 21.9. The Bertz CT molecular complexity index is 2840. The number of epoxide rings is 2. The average molecular weight is 1220 g/mol. The molecule has 2 aliphatic carbocycles. The fourth-order valence-corrected chi connectivity index (χ4v) is 12.4. The molecular formula is C74H102ClN7O6. The van der Waals surface area contributed by atoms with E-state index in [0.29, 0.717) is 43.6 Å². The van der Waals surface area contributed by atoms with Crippen molar-refractivity contribution in [2.45, 2.75) is 120 Å². The van der Waals surface area contributed by atoms with Crippen LogP contribution in [0.25, 0.3) is 0 Å². The zero-order valence-corrected chi connectivity index (χ0v) is 54.4. The van der Waals surface area contributed by atoms with E-state index in [-0.39, 0.29) is 24.3 Å². The molecule has 2 saturated carbocycles. The van der Waals surface area contributed by atoms with Gasteiger partial charge in [0.2, 0.25) is 0 Å². The Morgan fingerprint density at radius 3 is 1.40 bits per heavy atom. The maximum Gasteiger partial charge on any atom is 0.410 e. The van der Waals surface area contributed by atoms with E-state index in [9.17, 15) is 15.0 Å². The molecule has 3 N–H and O–H groups in total. The average Bonchev–Trinajstić information content (AvgIpc) is 2.00. The van der Waals surface area contributed by atoms with Crippen LogP contribution in [-0.2, 0) is 14.2 Å². The van der Waals surface area contributed by atoms with E-state index in [1.54, 1.807) is 0 Å². The van der Waals surface area contributed by atoms with Crippen LogP contribution in [0.5, 0.6) is 0 Å². The van der Waals surface area contributed by atoms with E-state index >= 15 is 0 Å². The number of piperidine rings is 2. The van der Waals surface area contributed by atoms with Crippen LogP contribution in [0.15, 0.2) is 182 Å². The summed E-state index contributed by atoms with van der Waals surface area (Å²) in [5.41, 5.74) is 7.01. The van der Waals surface area contributed by atoms with Crippen LogP contribution in [-0.4, -0.2) is 179 Å². The minimum Gasteiger partial charge on any atom is -0.444 e. The SMILES string of the molecule is CN(CC(O)CN1CCC(C[C@@H]2C[C@H]2c2ccccc2)CC1)c1ccccc1.CN(CC(O)CN1CCC(N(C(=O)OC(C)(C)C)[C@@H]2C[C@H]2c2ccccc2)CC1)c1ccccc1.CN(CC1CO1)c1ccccc1.CNc1ccccc1.ClCC1CO1. The van der Waals surface area contributed by atoms with E-state index in [1.807, 2.05) is 119 Å². The molecule has 6 aliphatic rings. The predicted octanol–water partition coefficient (Wildman–Crippen LogP) is 13.0. The molecule has 88 heavy (non-hydrogen) atoms. The lowest BCUT2D eigenvalue weighted by Crippen LogP contribution is -2.51. The second kappa shape index (κ2) is 34.7. The highest BCUT2D eigenvalue weighted by molar-refractivity contribution is 6.18. The lowest BCUT2D eigenvalue weighted by molar-refractivity contribution is 0.00277. The number of hydrogen-bond acceptors (Lipinski definition) is 12. The van der Waals surface area contributed by atoms with Crippen LogP contribution in [0.1, 0.15) is 88.7 Å². The minimum atomic E-state index is -0.512. The van der Waals surface area contributed by atoms with Gasteiger partial charge in [-0.05, 0) is 156 Å². The summed E-state index contributed by atoms with van der Waals surface area (Å²) in [6, 6.07) is 62.8. The second-order valence-electron chi connectivity index (χ2n) is 25.9. The Kier molecular flexibility index (Phi) is 26.7. The lowest BCUT2D eigenvalue weighted by Gasteiger charge is -2.40. The van der Waals surface area contributed by atoms with Crippen molar-refractivity contribution in [2.75, 3.05) is 126 Å². The summed E-state index contributed by atoms with van der Waals surface area (Å²) in [7, 11) is 8.08. The van der Waals surface area contributed by atoms with Crippen molar-refractivity contribution in [3.8, 4) is 0 Å². The van der Waals surface area contributed by atoms with Crippen molar-refractivity contribution in [1.82, 2.24) is 14.7 Å². The third-order valence-electron chi connectivity index (χ3n) is 17.4. The number of para-hydroxylation sites is 4. The van der Waals surface area contributed by atoms with Crippen LogP contribution in [0, 0.1) is 11.8 Å². The largest absolute Gasteiger partial charge is 0.444 e. The van der Waals surface area contributed by atoms with Gasteiger partial charge in [0.1, 0.15) is 5.60 Å². The zero-order valence-electron chi connectivity index (χ0n) is 53.6. The molecule has 4 saturated heterocycles. The summed E-state index contributed by atoms with van der Waals surface area (Å²) < 4.78 is 15.7. The maximum atomic E-state index is 13.3. The molecule has 4 aliphatic heterocycles. The Hall–Kier alpha value is -6.16. The van der Waals surface area contributed by atoms with Crippen LogP contribution in [0.3, 0.4) is 0 Å². The molecule has 476 valence electrons. The monoisotopic (exact) mass is 1220 g/mol. The number of β-amino-alcohol motifs (C(OH)–C–C–N with tert-alkyl or cyclic N) is 2. The van der Waals surface area contributed by atoms with Gasteiger partial charge in [0.05, 0.1) is 43.5 Å². The standard InChI is InChI=1S/C29H41N3O3.C25H34N2O.C10H13NO.C7H9N.C3H5ClO/c1-29(2,3)35-28(34)32(27-19-26(27)22-11-7-5-8-12-22)24-15-17-31(18-16-24)21-25(33)20-30(4)23-13-9-6-10-14-23;1-26(23-10-6-3-7-11-23)18-24(28)19-27-14-12-20(13-15-27)16-22-17-25(22)21-8-4-2-5-9-21;1-11(7-10-8-12-10)9-5-3-2-4-6-9;1-8-7-5-3-2-4-6-7;4-1-3-2-5-3/h5-14,24-27,33H,15-21H2,1-4H3;2-11,20,22,24-25,28H,12-19H2,1H3;2-6,10H,7-8H2,1H3;2-6,8H,1H3;3H,1-2H2/t25?,26-,27+;22-,24?,25+;;;/m01.../s1. The molecular weight excluding hydrogens is 1120 g/mol. The number of likely N-dealkylation sites (N-methyl/N-ethyl adjacent to an activating group) is 3. The highest BCUT2D eigenvalue weighted by Gasteiger charge is 2.49. The van der Waals surface area contributed by atoms with E-state index in [1.165, 1.54) is 42.5 Å². The molecule has 14 heteroatoms. The summed E-state index contributed by atoms with van der Waals surface area (Å²) in [6.07, 6.45) is 8.11. The minimum absolute atomic E-state index is 0.170. The Labute approximate surface area is 532 Å². The van der Waals surface area contributed by atoms with Crippen LogP contribution in [0.2, 0.25) is 0 Å². The van der Waals surface area contributed by atoms with E-state index in [2.05, 4.69) is 147 Å². The Balaban J connectivity index is 0.000000165. The highest BCUT2D eigenvalue weighted by atomic mass is 35.5. The van der Waals surface area contributed by atoms with E-state index in [4.69, 9.17) is 25.8 Å². The molecule has 4 heterocycles. The quantitative estimate of drug-likeness (QED) is 0.0470. The molecule has 6 aromatic carbocycles. The number of benzene rings is 6. The summed E-state index contributed by atoms with van der Waals surface area (Å²) in [6.45, 7) is 15.3. The second-order valence-corrected chi connectivity index (χ2v) is 26.2. The number of aliphatic hydroxyl groups excluding tert-OH is 2. The van der Waals surface area contributed by atoms with Crippen molar-refractivity contribution >= 4 is 40.4 Å². The molecule has 0 aromatic heterocycles. The number of anilines is 4. The number of hydrogen-bond donors (Lipinski definition) is 3.